The van der Waals surface area contributed by atoms with Gasteiger partial charge < -0.3 is 20.0 Å². The van der Waals surface area contributed by atoms with Gasteiger partial charge in [-0.25, -0.2) is 0 Å². The van der Waals surface area contributed by atoms with Crippen LogP contribution < -0.4 is 10.4 Å². The zero-order valence-electron chi connectivity index (χ0n) is 10.5. The van der Waals surface area contributed by atoms with E-state index in [0.29, 0.717) is 0 Å². The topological polar surface area (TPSA) is 95.5 Å². The van der Waals surface area contributed by atoms with E-state index in [9.17, 15) is 19.5 Å². The van der Waals surface area contributed by atoms with Crippen molar-refractivity contribution in [2.24, 2.45) is 0 Å². The predicted octanol–water partition coefficient (Wildman–Crippen LogP) is -0.637. The summed E-state index contributed by atoms with van der Waals surface area (Å²) >= 11 is 0. The lowest BCUT2D eigenvalue weighted by Crippen LogP contribution is -2.47. The van der Waals surface area contributed by atoms with Crippen LogP contribution in [-0.4, -0.2) is 29.5 Å². The van der Waals surface area contributed by atoms with Gasteiger partial charge in [-0.2, -0.15) is 0 Å². The number of carboxylic acid groups (broad SMARTS) is 1. The molecule has 1 N–H and O–H groups in total. The Balaban J connectivity index is 4.18. The number of nitrogens with one attached hydrogen (secondary N) is 1. The summed E-state index contributed by atoms with van der Waals surface area (Å²) in [6.45, 7) is 6.35. The molecule has 0 aliphatic carbocycles. The fourth-order valence-corrected chi connectivity index (χ4v) is 1.15. The monoisotopic (exact) mass is 244 g/mol. The predicted molar refractivity (Wildman–Crippen MR) is 57.7 cm³/mol. The summed E-state index contributed by atoms with van der Waals surface area (Å²) in [6.07, 6.45) is -0.132. The Labute approximate surface area is 100 Å². The highest BCUT2D eigenvalue weighted by atomic mass is 16.6. The molecule has 0 fully saturated rings. The fraction of sp³-hybridized carbons (Fsp3) is 0.727. The minimum Gasteiger partial charge on any atom is -0.548 e. The highest BCUT2D eigenvalue weighted by molar-refractivity contribution is 5.81. The van der Waals surface area contributed by atoms with E-state index in [2.05, 4.69) is 5.32 Å². The summed E-state index contributed by atoms with van der Waals surface area (Å²) in [5, 5.41) is 12.8. The minimum atomic E-state index is -1.41. The SMILES string of the molecule is CC(=O)N[C@@H](CCC(=O)OC(C)(C)C)C(=O)[O-]. The van der Waals surface area contributed by atoms with Gasteiger partial charge in [-0.15, -0.1) is 0 Å². The molecule has 0 aromatic rings. The molecule has 0 rings (SSSR count). The van der Waals surface area contributed by atoms with Crippen LogP contribution in [0.15, 0.2) is 0 Å². The summed E-state index contributed by atoms with van der Waals surface area (Å²) in [7, 11) is 0. The Hall–Kier alpha value is -1.59. The second-order valence-corrected chi connectivity index (χ2v) is 4.70. The lowest BCUT2D eigenvalue weighted by atomic mass is 10.1. The van der Waals surface area contributed by atoms with Crippen molar-refractivity contribution < 1.29 is 24.2 Å². The first-order chi connectivity index (χ1) is 7.61. The number of rotatable bonds is 5. The molecule has 0 saturated carbocycles. The number of hydrogen-bond donors (Lipinski definition) is 1. The van der Waals surface area contributed by atoms with E-state index in [1.165, 1.54) is 6.92 Å². The number of hydrogen-bond acceptors (Lipinski definition) is 5. The highest BCUT2D eigenvalue weighted by Crippen LogP contribution is 2.09. The summed E-state index contributed by atoms with van der Waals surface area (Å²) in [5.74, 6) is -2.40. The third kappa shape index (κ3) is 8.24. The van der Waals surface area contributed by atoms with Gasteiger partial charge in [0.1, 0.15) is 5.60 Å². The van der Waals surface area contributed by atoms with Gasteiger partial charge in [0.2, 0.25) is 5.91 Å². The number of carbonyl (C=O) groups is 3. The summed E-state index contributed by atoms with van der Waals surface area (Å²) < 4.78 is 5.01. The van der Waals surface area contributed by atoms with Crippen LogP contribution in [0.2, 0.25) is 0 Å². The molecule has 1 amide bonds. The van der Waals surface area contributed by atoms with Gasteiger partial charge in [-0.3, -0.25) is 9.59 Å². The van der Waals surface area contributed by atoms with E-state index in [0.717, 1.165) is 0 Å². The molecular weight excluding hydrogens is 226 g/mol. The van der Waals surface area contributed by atoms with E-state index < -0.39 is 29.5 Å². The number of aliphatic carboxylic acids is 1. The standard InChI is InChI=1S/C11H19NO5/c1-7(13)12-8(10(15)16)5-6-9(14)17-11(2,3)4/h8H,5-6H2,1-4H3,(H,12,13)(H,15,16)/p-1/t8-/m0/s1. The van der Waals surface area contributed by atoms with E-state index in [-0.39, 0.29) is 12.8 Å². The molecule has 0 spiro atoms. The van der Waals surface area contributed by atoms with Gasteiger partial charge in [-0.05, 0) is 27.2 Å². The van der Waals surface area contributed by atoms with Crippen molar-refractivity contribution in [1.29, 1.82) is 0 Å². The molecule has 6 heteroatoms. The van der Waals surface area contributed by atoms with Crippen molar-refractivity contribution in [3.63, 3.8) is 0 Å². The van der Waals surface area contributed by atoms with Crippen molar-refractivity contribution in [2.45, 2.75) is 52.2 Å². The van der Waals surface area contributed by atoms with Gasteiger partial charge in [0.05, 0.1) is 12.0 Å². The molecule has 6 nitrogen and oxygen atoms in total. The number of amides is 1. The lowest BCUT2D eigenvalue weighted by Gasteiger charge is -2.21. The number of carboxylic acids is 1. The second kappa shape index (κ2) is 6.22. The zero-order valence-corrected chi connectivity index (χ0v) is 10.5. The molecule has 0 saturated heterocycles. The largest absolute Gasteiger partial charge is 0.548 e. The maximum Gasteiger partial charge on any atom is 0.306 e. The maximum atomic E-state index is 11.3. The molecule has 0 heterocycles. The fourth-order valence-electron chi connectivity index (χ4n) is 1.15. The minimum absolute atomic E-state index is 0.0448. The first-order valence-electron chi connectivity index (χ1n) is 5.31. The zero-order chi connectivity index (χ0) is 13.6. The van der Waals surface area contributed by atoms with Crippen LogP contribution in [-0.2, 0) is 19.1 Å². The van der Waals surface area contributed by atoms with E-state index in [4.69, 9.17) is 4.74 Å². The van der Waals surface area contributed by atoms with E-state index in [1.807, 2.05) is 0 Å². The molecule has 98 valence electrons. The molecule has 0 aliphatic rings. The quantitative estimate of drug-likeness (QED) is 0.649. The highest BCUT2D eigenvalue weighted by Gasteiger charge is 2.18. The second-order valence-electron chi connectivity index (χ2n) is 4.70. The van der Waals surface area contributed by atoms with Crippen LogP contribution in [0, 0.1) is 0 Å². The first kappa shape index (κ1) is 15.4. The number of ether oxygens (including phenoxy) is 1. The van der Waals surface area contributed by atoms with E-state index in [1.54, 1.807) is 20.8 Å². The molecule has 0 aromatic heterocycles. The average molecular weight is 244 g/mol. The smallest absolute Gasteiger partial charge is 0.306 e. The third-order valence-electron chi connectivity index (χ3n) is 1.72. The van der Waals surface area contributed by atoms with Crippen LogP contribution in [0.1, 0.15) is 40.5 Å². The van der Waals surface area contributed by atoms with Crippen molar-refractivity contribution in [1.82, 2.24) is 5.32 Å². The van der Waals surface area contributed by atoms with Gasteiger partial charge >= 0.3 is 5.97 Å². The molecular formula is C11H18NO5-. The van der Waals surface area contributed by atoms with Crippen LogP contribution in [0.4, 0.5) is 0 Å². The van der Waals surface area contributed by atoms with Crippen LogP contribution in [0.3, 0.4) is 0 Å². The van der Waals surface area contributed by atoms with Crippen molar-refractivity contribution >= 4 is 17.8 Å². The van der Waals surface area contributed by atoms with Gasteiger partial charge in [0.25, 0.3) is 0 Å². The molecule has 17 heavy (non-hydrogen) atoms. The summed E-state index contributed by atoms with van der Waals surface area (Å²) in [5.41, 5.74) is -0.609. The van der Waals surface area contributed by atoms with Crippen molar-refractivity contribution in [2.75, 3.05) is 0 Å². The molecule has 1 atom stereocenters. The molecule has 0 aliphatic heterocycles. The number of esters is 1. The molecule has 0 unspecified atom stereocenters. The Kier molecular flexibility index (Phi) is 5.64. The summed E-state index contributed by atoms with van der Waals surface area (Å²) in [4.78, 5) is 32.7. The van der Waals surface area contributed by atoms with Crippen LogP contribution in [0.25, 0.3) is 0 Å². The normalized spacial score (nSPS) is 12.7. The molecule has 0 bridgehead atoms. The Morgan fingerprint density at radius 3 is 2.18 bits per heavy atom. The maximum absolute atomic E-state index is 11.3. The Morgan fingerprint density at radius 1 is 1.29 bits per heavy atom. The van der Waals surface area contributed by atoms with Crippen LogP contribution in [0.5, 0.6) is 0 Å². The van der Waals surface area contributed by atoms with Crippen LogP contribution >= 0.6 is 0 Å². The lowest BCUT2D eigenvalue weighted by molar-refractivity contribution is -0.308. The first-order valence-corrected chi connectivity index (χ1v) is 5.31. The number of carbonyl (C=O) groups excluding carboxylic acids is 3. The van der Waals surface area contributed by atoms with Gasteiger partial charge in [-0.1, -0.05) is 0 Å². The van der Waals surface area contributed by atoms with Crippen molar-refractivity contribution in [3.8, 4) is 0 Å². The van der Waals surface area contributed by atoms with E-state index >= 15 is 0 Å². The van der Waals surface area contributed by atoms with Crippen molar-refractivity contribution in [3.05, 3.63) is 0 Å². The summed E-state index contributed by atoms with van der Waals surface area (Å²) in [6, 6.07) is -1.17. The Morgan fingerprint density at radius 2 is 1.82 bits per heavy atom. The van der Waals surface area contributed by atoms with Gasteiger partial charge in [0.15, 0.2) is 0 Å². The third-order valence-corrected chi connectivity index (χ3v) is 1.72. The van der Waals surface area contributed by atoms with Gasteiger partial charge in [0, 0.05) is 13.3 Å². The molecule has 0 radical (unpaired) electrons. The Bertz CT molecular complexity index is 305. The molecule has 0 aromatic carbocycles. The average Bonchev–Trinajstić information content (AvgIpc) is 2.08.